The molecule has 2 aromatic rings. The second-order valence-electron chi connectivity index (χ2n) is 3.82. The second kappa shape index (κ2) is 5.95. The number of hydrogen-bond acceptors (Lipinski definition) is 2. The molecule has 0 aliphatic rings. The van der Waals surface area contributed by atoms with Crippen molar-refractivity contribution in [1.29, 1.82) is 0 Å². The summed E-state index contributed by atoms with van der Waals surface area (Å²) < 4.78 is 6.50. The Morgan fingerprint density at radius 3 is 2.61 bits per heavy atom. The predicted octanol–water partition coefficient (Wildman–Crippen LogP) is 5.97. The molecule has 0 N–H and O–H groups in total. The van der Waals surface area contributed by atoms with Crippen molar-refractivity contribution in [3.63, 3.8) is 0 Å². The highest BCUT2D eigenvalue weighted by Gasteiger charge is 2.20. The molecule has 1 aromatic carbocycles. The van der Waals surface area contributed by atoms with Crippen molar-refractivity contribution in [2.45, 2.75) is 11.8 Å². The van der Waals surface area contributed by atoms with Crippen LogP contribution in [0.4, 0.5) is 0 Å². The summed E-state index contributed by atoms with van der Waals surface area (Å²) >= 11 is 15.1. The highest BCUT2D eigenvalue weighted by Crippen LogP contribution is 2.44. The fourth-order valence-corrected chi connectivity index (χ4v) is 4.97. The lowest BCUT2D eigenvalue weighted by Gasteiger charge is -2.14. The normalized spacial score (nSPS) is 12.5. The topological polar surface area (TPSA) is 9.23 Å². The average Bonchev–Trinajstić information content (AvgIpc) is 2.67. The zero-order valence-corrected chi connectivity index (χ0v) is 14.6. The summed E-state index contributed by atoms with van der Waals surface area (Å²) in [5, 5.41) is 0.708. The maximum Gasteiger partial charge on any atom is 0.123 e. The molecule has 5 heteroatoms. The highest BCUT2D eigenvalue weighted by molar-refractivity contribution is 9.11. The lowest BCUT2D eigenvalue weighted by atomic mass is 10.1. The first-order valence-corrected chi connectivity index (χ1v) is 8.16. The summed E-state index contributed by atoms with van der Waals surface area (Å²) in [7, 11) is 1.67. The Morgan fingerprint density at radius 1 is 1.33 bits per heavy atom. The molecule has 0 aliphatic carbocycles. The SMILES string of the molecule is COc1ccc(Cl)cc1C(Br)c1sc(C)cc1Br. The maximum absolute atomic E-state index is 6.07. The molecule has 1 heterocycles. The molecule has 1 aromatic heterocycles. The van der Waals surface area contributed by atoms with Crippen molar-refractivity contribution < 1.29 is 4.74 Å². The third-order valence-corrected chi connectivity index (χ3v) is 6.05. The number of methoxy groups -OCH3 is 1. The van der Waals surface area contributed by atoms with Crippen LogP contribution < -0.4 is 4.74 Å². The fourth-order valence-electron chi connectivity index (χ4n) is 1.72. The van der Waals surface area contributed by atoms with Crippen molar-refractivity contribution >= 4 is 54.8 Å². The number of aryl methyl sites for hydroxylation is 1. The number of rotatable bonds is 3. The van der Waals surface area contributed by atoms with Crippen LogP contribution in [0.25, 0.3) is 0 Å². The van der Waals surface area contributed by atoms with E-state index in [0.29, 0.717) is 5.02 Å². The van der Waals surface area contributed by atoms with Crippen molar-refractivity contribution in [3.05, 3.63) is 49.1 Å². The van der Waals surface area contributed by atoms with Gasteiger partial charge in [0.05, 0.1) is 11.9 Å². The van der Waals surface area contributed by atoms with Crippen LogP contribution in [0.3, 0.4) is 0 Å². The summed E-state index contributed by atoms with van der Waals surface area (Å²) in [6, 6.07) is 7.77. The van der Waals surface area contributed by atoms with Crippen LogP contribution in [-0.2, 0) is 0 Å². The minimum absolute atomic E-state index is 0.0687. The molecule has 0 amide bonds. The Morgan fingerprint density at radius 2 is 2.06 bits per heavy atom. The zero-order chi connectivity index (χ0) is 13.3. The third-order valence-electron chi connectivity index (χ3n) is 2.53. The van der Waals surface area contributed by atoms with E-state index in [2.05, 4.69) is 44.8 Å². The van der Waals surface area contributed by atoms with E-state index < -0.39 is 0 Å². The summed E-state index contributed by atoms with van der Waals surface area (Å²) in [6.45, 7) is 2.09. The van der Waals surface area contributed by atoms with Crippen molar-refractivity contribution in [2.24, 2.45) is 0 Å². The van der Waals surface area contributed by atoms with Crippen LogP contribution in [0.5, 0.6) is 5.75 Å². The van der Waals surface area contributed by atoms with Crippen LogP contribution in [0, 0.1) is 6.92 Å². The van der Waals surface area contributed by atoms with E-state index >= 15 is 0 Å². The van der Waals surface area contributed by atoms with E-state index in [1.807, 2.05) is 18.2 Å². The molecule has 96 valence electrons. The lowest BCUT2D eigenvalue weighted by Crippen LogP contribution is -1.95. The number of hydrogen-bond donors (Lipinski definition) is 0. The molecular formula is C13H11Br2ClOS. The zero-order valence-electron chi connectivity index (χ0n) is 9.84. The van der Waals surface area contributed by atoms with Gasteiger partial charge >= 0.3 is 0 Å². The molecule has 0 saturated heterocycles. The second-order valence-corrected chi connectivity index (χ2v) is 7.31. The van der Waals surface area contributed by atoms with Gasteiger partial charge in [-0.1, -0.05) is 27.5 Å². The number of ether oxygens (including phenoxy) is 1. The minimum Gasteiger partial charge on any atom is -0.496 e. The van der Waals surface area contributed by atoms with Gasteiger partial charge in [0.2, 0.25) is 0 Å². The first kappa shape index (κ1) is 14.4. The molecule has 1 unspecified atom stereocenters. The number of halogens is 3. The first-order valence-electron chi connectivity index (χ1n) is 5.26. The van der Waals surface area contributed by atoms with Gasteiger partial charge < -0.3 is 4.74 Å². The highest BCUT2D eigenvalue weighted by atomic mass is 79.9. The smallest absolute Gasteiger partial charge is 0.123 e. The first-order chi connectivity index (χ1) is 8.52. The van der Waals surface area contributed by atoms with Gasteiger partial charge in [-0.15, -0.1) is 11.3 Å². The van der Waals surface area contributed by atoms with E-state index in [-0.39, 0.29) is 4.83 Å². The fraction of sp³-hybridized carbons (Fsp3) is 0.231. The van der Waals surface area contributed by atoms with Gasteiger partial charge in [-0.3, -0.25) is 0 Å². The molecular weight excluding hydrogens is 399 g/mol. The van der Waals surface area contributed by atoms with Crippen LogP contribution in [0.15, 0.2) is 28.7 Å². The Kier molecular flexibility index (Phi) is 4.75. The molecule has 2 rings (SSSR count). The minimum atomic E-state index is 0.0687. The molecule has 1 nitrogen and oxygen atoms in total. The van der Waals surface area contributed by atoms with E-state index in [4.69, 9.17) is 16.3 Å². The average molecular weight is 411 g/mol. The van der Waals surface area contributed by atoms with Gasteiger partial charge in [-0.05, 0) is 47.1 Å². The van der Waals surface area contributed by atoms with E-state index in [9.17, 15) is 0 Å². The Balaban J connectivity index is 2.48. The molecule has 0 radical (unpaired) electrons. The van der Waals surface area contributed by atoms with Crippen LogP contribution in [-0.4, -0.2) is 7.11 Å². The van der Waals surface area contributed by atoms with E-state index in [1.54, 1.807) is 18.4 Å². The summed E-state index contributed by atoms with van der Waals surface area (Å²) in [6.07, 6.45) is 0. The summed E-state index contributed by atoms with van der Waals surface area (Å²) in [5.74, 6) is 0.833. The lowest BCUT2D eigenvalue weighted by molar-refractivity contribution is 0.410. The number of benzene rings is 1. The quantitative estimate of drug-likeness (QED) is 0.567. The maximum atomic E-state index is 6.07. The largest absolute Gasteiger partial charge is 0.496 e. The van der Waals surface area contributed by atoms with Crippen LogP contribution >= 0.6 is 54.8 Å². The Hall–Kier alpha value is -0.0300. The van der Waals surface area contributed by atoms with E-state index in [0.717, 1.165) is 15.8 Å². The number of alkyl halides is 1. The Labute approximate surface area is 132 Å². The van der Waals surface area contributed by atoms with Crippen LogP contribution in [0.1, 0.15) is 20.1 Å². The molecule has 0 bridgehead atoms. The standard InChI is InChI=1S/C13H11Br2ClOS/c1-7-5-10(14)13(18-7)12(15)9-6-8(16)3-4-11(9)17-2/h3-6,12H,1-2H3. The van der Waals surface area contributed by atoms with Gasteiger partial charge in [0, 0.05) is 24.8 Å². The van der Waals surface area contributed by atoms with Crippen LogP contribution in [0.2, 0.25) is 5.02 Å². The van der Waals surface area contributed by atoms with Gasteiger partial charge in [0.15, 0.2) is 0 Å². The van der Waals surface area contributed by atoms with Gasteiger partial charge in [-0.25, -0.2) is 0 Å². The number of thiophene rings is 1. The van der Waals surface area contributed by atoms with Crippen molar-refractivity contribution in [1.82, 2.24) is 0 Å². The molecule has 0 aliphatic heterocycles. The van der Waals surface area contributed by atoms with Gasteiger partial charge in [-0.2, -0.15) is 0 Å². The predicted molar refractivity (Wildman–Crippen MR) is 85.5 cm³/mol. The van der Waals surface area contributed by atoms with E-state index in [1.165, 1.54) is 9.75 Å². The Bertz CT molecular complexity index is 568. The van der Waals surface area contributed by atoms with Crippen molar-refractivity contribution in [2.75, 3.05) is 7.11 Å². The third kappa shape index (κ3) is 2.93. The summed E-state index contributed by atoms with van der Waals surface area (Å²) in [4.78, 5) is 2.55. The van der Waals surface area contributed by atoms with Gasteiger partial charge in [0.25, 0.3) is 0 Å². The monoisotopic (exact) mass is 408 g/mol. The summed E-state index contributed by atoms with van der Waals surface area (Å²) in [5.41, 5.74) is 1.03. The molecule has 18 heavy (non-hydrogen) atoms. The van der Waals surface area contributed by atoms with Gasteiger partial charge in [0.1, 0.15) is 5.75 Å². The molecule has 0 saturated carbocycles. The molecule has 0 spiro atoms. The van der Waals surface area contributed by atoms with Crippen molar-refractivity contribution in [3.8, 4) is 5.75 Å². The molecule has 1 atom stereocenters. The molecule has 0 fully saturated rings.